The summed E-state index contributed by atoms with van der Waals surface area (Å²) in [6.07, 6.45) is 0. The van der Waals surface area contributed by atoms with E-state index < -0.39 is 0 Å². The van der Waals surface area contributed by atoms with Crippen LogP contribution in [0, 0.1) is 0 Å². The van der Waals surface area contributed by atoms with Gasteiger partial charge in [0.05, 0.1) is 7.11 Å². The van der Waals surface area contributed by atoms with Crippen LogP contribution in [0.5, 0.6) is 5.75 Å². The van der Waals surface area contributed by atoms with Crippen LogP contribution in [0.25, 0.3) is 5.32 Å². The van der Waals surface area contributed by atoms with Crippen LogP contribution in [0.4, 0.5) is 5.69 Å². The second-order valence-electron chi connectivity index (χ2n) is 1.93. The summed E-state index contributed by atoms with van der Waals surface area (Å²) in [6, 6.07) is 7.64. The smallest absolute Gasteiger partial charge is 0.117 e. The largest absolute Gasteiger partial charge is 0.687 e. The summed E-state index contributed by atoms with van der Waals surface area (Å²) in [5.74, 6) is 0.850. The van der Waals surface area contributed by atoms with Gasteiger partial charge in [0.1, 0.15) is 5.75 Å². The third-order valence-corrected chi connectivity index (χ3v) is 1.31. The second-order valence-corrected chi connectivity index (χ2v) is 1.93. The van der Waals surface area contributed by atoms with E-state index in [2.05, 4.69) is 5.32 Å². The van der Waals surface area contributed by atoms with Gasteiger partial charge in [-0.2, -0.15) is 0 Å². The highest BCUT2D eigenvalue weighted by Crippen LogP contribution is 2.21. The minimum Gasteiger partial charge on any atom is -0.687 e. The summed E-state index contributed by atoms with van der Waals surface area (Å²) in [7, 11) is 3.41. The van der Waals surface area contributed by atoms with Gasteiger partial charge in [-0.25, -0.2) is 0 Å². The number of methoxy groups -OCH3 is 1. The molecular weight excluding hydrogens is 126 g/mol. The van der Waals surface area contributed by atoms with E-state index in [4.69, 9.17) is 4.74 Å². The Morgan fingerprint density at radius 3 is 2.80 bits per heavy atom. The number of rotatable bonds is 2. The maximum absolute atomic E-state index is 5.00. The number of benzene rings is 1. The fourth-order valence-corrected chi connectivity index (χ4v) is 0.750. The van der Waals surface area contributed by atoms with Gasteiger partial charge in [0.15, 0.2) is 0 Å². The maximum atomic E-state index is 5.00. The summed E-state index contributed by atoms with van der Waals surface area (Å²) < 4.78 is 5.00. The second kappa shape index (κ2) is 3.11. The summed E-state index contributed by atoms with van der Waals surface area (Å²) >= 11 is 0. The first-order valence-corrected chi connectivity index (χ1v) is 3.10. The van der Waals surface area contributed by atoms with Crippen molar-refractivity contribution in [3.8, 4) is 5.75 Å². The molecule has 0 saturated heterocycles. The van der Waals surface area contributed by atoms with Crippen molar-refractivity contribution in [2.45, 2.75) is 0 Å². The Bertz CT molecular complexity index is 191. The highest BCUT2D eigenvalue weighted by Gasteiger charge is 1.84. The van der Waals surface area contributed by atoms with Gasteiger partial charge in [0.25, 0.3) is 0 Å². The summed E-state index contributed by atoms with van der Waals surface area (Å²) in [5, 5.41) is 4.00. The van der Waals surface area contributed by atoms with Gasteiger partial charge in [-0.05, 0) is 12.1 Å². The van der Waals surface area contributed by atoms with E-state index in [1.54, 1.807) is 14.2 Å². The van der Waals surface area contributed by atoms with Crippen LogP contribution in [-0.4, -0.2) is 14.2 Å². The van der Waals surface area contributed by atoms with Crippen LogP contribution in [0.3, 0.4) is 0 Å². The fraction of sp³-hybridized carbons (Fsp3) is 0.250. The quantitative estimate of drug-likeness (QED) is 0.612. The molecule has 0 saturated carbocycles. The van der Waals surface area contributed by atoms with Gasteiger partial charge in [-0.1, -0.05) is 12.1 Å². The van der Waals surface area contributed by atoms with Crippen LogP contribution in [0.2, 0.25) is 0 Å². The zero-order chi connectivity index (χ0) is 7.40. The zero-order valence-corrected chi connectivity index (χ0v) is 6.16. The molecule has 54 valence electrons. The molecule has 0 heterocycles. The van der Waals surface area contributed by atoms with E-state index in [9.17, 15) is 0 Å². The molecule has 0 aliphatic heterocycles. The molecule has 0 fully saturated rings. The summed E-state index contributed by atoms with van der Waals surface area (Å²) in [6.45, 7) is 0. The lowest BCUT2D eigenvalue weighted by molar-refractivity contribution is 0.415. The van der Waals surface area contributed by atoms with Crippen molar-refractivity contribution in [1.29, 1.82) is 0 Å². The predicted molar refractivity (Wildman–Crippen MR) is 41.9 cm³/mol. The molecule has 2 heteroatoms. The highest BCUT2D eigenvalue weighted by molar-refractivity contribution is 5.51. The average molecular weight is 136 g/mol. The molecule has 2 nitrogen and oxygen atoms in total. The predicted octanol–water partition coefficient (Wildman–Crippen LogP) is 2.33. The van der Waals surface area contributed by atoms with E-state index in [1.807, 2.05) is 24.3 Å². The highest BCUT2D eigenvalue weighted by atomic mass is 16.5. The number of ether oxygens (including phenoxy) is 1. The SMILES string of the molecule is C[N-]c1cccc(OC)c1. The molecule has 0 atom stereocenters. The molecule has 0 N–H and O–H groups in total. The molecule has 0 spiro atoms. The van der Waals surface area contributed by atoms with Crippen molar-refractivity contribution < 1.29 is 4.74 Å². The van der Waals surface area contributed by atoms with Crippen molar-refractivity contribution in [3.05, 3.63) is 29.6 Å². The molecule has 0 aromatic heterocycles. The van der Waals surface area contributed by atoms with Crippen LogP contribution in [0.1, 0.15) is 0 Å². The number of hydrogen-bond donors (Lipinski definition) is 0. The van der Waals surface area contributed by atoms with Crippen molar-refractivity contribution in [3.63, 3.8) is 0 Å². The lowest BCUT2D eigenvalue weighted by Gasteiger charge is -2.13. The third kappa shape index (κ3) is 1.41. The lowest BCUT2D eigenvalue weighted by Crippen LogP contribution is -1.80. The number of hydrogen-bond acceptors (Lipinski definition) is 1. The Balaban J connectivity index is 2.87. The van der Waals surface area contributed by atoms with Crippen molar-refractivity contribution in [2.75, 3.05) is 14.2 Å². The van der Waals surface area contributed by atoms with Crippen LogP contribution >= 0.6 is 0 Å². The first kappa shape index (κ1) is 6.93. The van der Waals surface area contributed by atoms with Crippen LogP contribution in [0.15, 0.2) is 24.3 Å². The molecule has 0 bridgehead atoms. The summed E-state index contributed by atoms with van der Waals surface area (Å²) in [5.41, 5.74) is 0.944. The number of nitrogens with zero attached hydrogens (tertiary/aromatic N) is 1. The standard InChI is InChI=1S/C8H10NO/c1-9-7-4-3-5-8(6-7)10-2/h3-6H,1-2H3/q-1. The summed E-state index contributed by atoms with van der Waals surface area (Å²) in [4.78, 5) is 0. The molecule has 1 rings (SSSR count). The minimum atomic E-state index is 0.850. The minimum absolute atomic E-state index is 0.850. The maximum Gasteiger partial charge on any atom is 0.117 e. The van der Waals surface area contributed by atoms with Gasteiger partial charge in [0, 0.05) is 0 Å². The van der Waals surface area contributed by atoms with Gasteiger partial charge in [0.2, 0.25) is 0 Å². The average Bonchev–Trinajstić information content (AvgIpc) is 2.05. The molecule has 1 aromatic rings. The Labute approximate surface area is 60.8 Å². The Morgan fingerprint density at radius 1 is 1.40 bits per heavy atom. The third-order valence-electron chi connectivity index (χ3n) is 1.31. The van der Waals surface area contributed by atoms with E-state index in [1.165, 1.54) is 0 Å². The van der Waals surface area contributed by atoms with Crippen molar-refractivity contribution >= 4 is 5.69 Å². The monoisotopic (exact) mass is 136 g/mol. The van der Waals surface area contributed by atoms with Crippen molar-refractivity contribution in [1.82, 2.24) is 0 Å². The Morgan fingerprint density at radius 2 is 2.20 bits per heavy atom. The van der Waals surface area contributed by atoms with E-state index >= 15 is 0 Å². The topological polar surface area (TPSA) is 23.3 Å². The van der Waals surface area contributed by atoms with Gasteiger partial charge in [-0.15, -0.1) is 12.7 Å². The Hall–Kier alpha value is -1.18. The van der Waals surface area contributed by atoms with Crippen LogP contribution < -0.4 is 4.74 Å². The molecular formula is C8H10NO-. The fourth-order valence-electron chi connectivity index (χ4n) is 0.750. The molecule has 0 unspecified atom stereocenters. The normalized spacial score (nSPS) is 9.00. The molecule has 0 amide bonds. The lowest BCUT2D eigenvalue weighted by atomic mass is 10.3. The van der Waals surface area contributed by atoms with Crippen molar-refractivity contribution in [2.24, 2.45) is 0 Å². The van der Waals surface area contributed by atoms with Gasteiger partial charge >= 0.3 is 0 Å². The first-order valence-electron chi connectivity index (χ1n) is 3.10. The van der Waals surface area contributed by atoms with E-state index in [-0.39, 0.29) is 0 Å². The van der Waals surface area contributed by atoms with Gasteiger partial charge < -0.3 is 10.1 Å². The molecule has 0 radical (unpaired) electrons. The Kier molecular flexibility index (Phi) is 2.15. The molecule has 10 heavy (non-hydrogen) atoms. The van der Waals surface area contributed by atoms with E-state index in [0.29, 0.717) is 0 Å². The zero-order valence-electron chi connectivity index (χ0n) is 6.16. The van der Waals surface area contributed by atoms with Gasteiger partial charge in [-0.3, -0.25) is 0 Å². The first-order chi connectivity index (χ1) is 4.86. The van der Waals surface area contributed by atoms with E-state index in [0.717, 1.165) is 11.4 Å². The molecule has 0 aliphatic carbocycles. The molecule has 1 aromatic carbocycles. The molecule has 0 aliphatic rings. The van der Waals surface area contributed by atoms with Crippen LogP contribution in [-0.2, 0) is 0 Å².